The van der Waals surface area contributed by atoms with Crippen LogP contribution in [0.4, 0.5) is 5.69 Å². The van der Waals surface area contributed by atoms with Crippen molar-refractivity contribution in [2.75, 3.05) is 12.3 Å². The molecule has 0 aliphatic carbocycles. The summed E-state index contributed by atoms with van der Waals surface area (Å²) in [4.78, 5) is 34.1. The number of nitrogens with one attached hydrogen (secondary N) is 1. The number of nitro benzene ring substituents is 1. The van der Waals surface area contributed by atoms with E-state index in [1.54, 1.807) is 0 Å². The van der Waals surface area contributed by atoms with Gasteiger partial charge in [-0.15, -0.1) is 10.2 Å². The average molecular weight is 468 g/mol. The van der Waals surface area contributed by atoms with E-state index in [0.717, 1.165) is 17.1 Å². The number of aromatic nitrogens is 3. The van der Waals surface area contributed by atoms with Crippen molar-refractivity contribution in [3.63, 3.8) is 0 Å². The maximum absolute atomic E-state index is 12.6. The summed E-state index contributed by atoms with van der Waals surface area (Å²) in [5.41, 5.74) is 3.55. The summed E-state index contributed by atoms with van der Waals surface area (Å²) in [6.45, 7) is 6.09. The Bertz CT molecular complexity index is 1170. The third kappa shape index (κ3) is 6.26. The first-order valence-electron chi connectivity index (χ1n) is 10.4. The van der Waals surface area contributed by atoms with Gasteiger partial charge in [-0.1, -0.05) is 17.8 Å². The second-order valence-corrected chi connectivity index (χ2v) is 8.55. The maximum Gasteiger partial charge on any atom is 0.269 e. The summed E-state index contributed by atoms with van der Waals surface area (Å²) in [5.74, 6) is 0.629. The first-order valence-corrected chi connectivity index (χ1v) is 11.4. The second kappa shape index (κ2) is 10.9. The van der Waals surface area contributed by atoms with Crippen molar-refractivity contribution < 1.29 is 14.5 Å². The van der Waals surface area contributed by atoms with E-state index in [4.69, 9.17) is 0 Å². The summed E-state index contributed by atoms with van der Waals surface area (Å²) in [6, 6.07) is 11.6. The lowest BCUT2D eigenvalue weighted by Crippen LogP contribution is -2.21. The molecule has 0 fully saturated rings. The molecule has 33 heavy (non-hydrogen) atoms. The van der Waals surface area contributed by atoms with Crippen molar-refractivity contribution in [1.82, 2.24) is 20.1 Å². The van der Waals surface area contributed by atoms with E-state index >= 15 is 0 Å². The minimum atomic E-state index is -0.498. The first kappa shape index (κ1) is 24.1. The van der Waals surface area contributed by atoms with Crippen molar-refractivity contribution >= 4 is 29.1 Å². The highest BCUT2D eigenvalue weighted by molar-refractivity contribution is 7.99. The lowest BCUT2D eigenvalue weighted by atomic mass is 10.1. The van der Waals surface area contributed by atoms with E-state index < -0.39 is 4.92 Å². The van der Waals surface area contributed by atoms with Crippen LogP contribution in [0.15, 0.2) is 47.6 Å². The summed E-state index contributed by atoms with van der Waals surface area (Å²) < 4.78 is 1.94. The van der Waals surface area contributed by atoms with Crippen LogP contribution >= 0.6 is 11.8 Å². The molecule has 0 atom stereocenters. The SMILES string of the molecule is CC(=O)NCCCc1nnc(SCC(=O)c2ccc([N+](=O)[O-])cc2)n1-c1ccc(C)c(C)c1. The van der Waals surface area contributed by atoms with Crippen LogP contribution in [0, 0.1) is 24.0 Å². The van der Waals surface area contributed by atoms with Crippen molar-refractivity contribution in [3.8, 4) is 5.69 Å². The van der Waals surface area contributed by atoms with Crippen LogP contribution in [0.2, 0.25) is 0 Å². The summed E-state index contributed by atoms with van der Waals surface area (Å²) in [5, 5.41) is 22.8. The van der Waals surface area contributed by atoms with Gasteiger partial charge >= 0.3 is 0 Å². The fourth-order valence-corrected chi connectivity index (χ4v) is 4.04. The summed E-state index contributed by atoms with van der Waals surface area (Å²) in [7, 11) is 0. The fourth-order valence-electron chi connectivity index (χ4n) is 3.17. The molecule has 1 heterocycles. The molecule has 0 radical (unpaired) electrons. The number of carbonyl (C=O) groups excluding carboxylic acids is 2. The molecule has 0 bridgehead atoms. The van der Waals surface area contributed by atoms with Gasteiger partial charge in [-0.25, -0.2) is 0 Å². The maximum atomic E-state index is 12.6. The smallest absolute Gasteiger partial charge is 0.269 e. The molecule has 9 nitrogen and oxygen atoms in total. The number of hydrogen-bond acceptors (Lipinski definition) is 7. The molecule has 0 unspecified atom stereocenters. The summed E-state index contributed by atoms with van der Waals surface area (Å²) in [6.07, 6.45) is 1.31. The van der Waals surface area contributed by atoms with E-state index in [2.05, 4.69) is 21.6 Å². The van der Waals surface area contributed by atoms with Gasteiger partial charge in [-0.05, 0) is 55.7 Å². The predicted molar refractivity (Wildman–Crippen MR) is 126 cm³/mol. The Morgan fingerprint density at radius 2 is 1.82 bits per heavy atom. The quantitative estimate of drug-likeness (QED) is 0.158. The van der Waals surface area contributed by atoms with Crippen molar-refractivity contribution in [1.29, 1.82) is 0 Å². The highest BCUT2D eigenvalue weighted by Gasteiger charge is 2.17. The average Bonchev–Trinajstić information content (AvgIpc) is 3.19. The Labute approximate surface area is 195 Å². The standard InChI is InChI=1S/C23H25N5O4S/c1-15-6-9-20(13-16(15)2)27-22(5-4-12-24-17(3)29)25-26-23(27)33-14-21(30)18-7-10-19(11-8-18)28(31)32/h6-11,13H,4-5,12,14H2,1-3H3,(H,24,29). The number of carbonyl (C=O) groups is 2. The van der Waals surface area contributed by atoms with Gasteiger partial charge in [0.25, 0.3) is 5.69 Å². The van der Waals surface area contributed by atoms with Gasteiger partial charge in [0.15, 0.2) is 10.9 Å². The van der Waals surface area contributed by atoms with Gasteiger partial charge in [-0.2, -0.15) is 0 Å². The van der Waals surface area contributed by atoms with Crippen LogP contribution < -0.4 is 5.32 Å². The number of thioether (sulfide) groups is 1. The zero-order valence-electron chi connectivity index (χ0n) is 18.7. The molecule has 1 N–H and O–H groups in total. The topological polar surface area (TPSA) is 120 Å². The minimum absolute atomic E-state index is 0.0578. The molecule has 1 amide bonds. The van der Waals surface area contributed by atoms with Crippen molar-refractivity contribution in [2.45, 2.75) is 38.8 Å². The van der Waals surface area contributed by atoms with E-state index in [9.17, 15) is 19.7 Å². The summed E-state index contributed by atoms with van der Waals surface area (Å²) >= 11 is 1.27. The van der Waals surface area contributed by atoms with Crippen LogP contribution in [0.3, 0.4) is 0 Å². The molecule has 172 valence electrons. The number of nitrogens with zero attached hydrogens (tertiary/aromatic N) is 4. The zero-order valence-corrected chi connectivity index (χ0v) is 19.5. The molecule has 0 spiro atoms. The Morgan fingerprint density at radius 3 is 2.45 bits per heavy atom. The zero-order chi connectivity index (χ0) is 24.0. The normalized spacial score (nSPS) is 10.8. The predicted octanol–water partition coefficient (Wildman–Crippen LogP) is 3.84. The van der Waals surface area contributed by atoms with Gasteiger partial charge in [0.05, 0.1) is 10.7 Å². The van der Waals surface area contributed by atoms with Crippen molar-refractivity contribution in [3.05, 3.63) is 75.1 Å². The first-order chi connectivity index (χ1) is 15.8. The van der Waals surface area contributed by atoms with Gasteiger partial charge in [0, 0.05) is 43.3 Å². The van der Waals surface area contributed by atoms with Crippen LogP contribution in [0.5, 0.6) is 0 Å². The van der Waals surface area contributed by atoms with Crippen LogP contribution in [0.1, 0.15) is 40.7 Å². The van der Waals surface area contributed by atoms with Gasteiger partial charge in [0.2, 0.25) is 5.91 Å². The Hall–Kier alpha value is -3.53. The fraction of sp³-hybridized carbons (Fsp3) is 0.304. The van der Waals surface area contributed by atoms with E-state index in [1.807, 2.05) is 30.5 Å². The molecule has 3 aromatic rings. The van der Waals surface area contributed by atoms with Gasteiger partial charge < -0.3 is 5.32 Å². The second-order valence-electron chi connectivity index (χ2n) is 7.61. The number of hydrogen-bond donors (Lipinski definition) is 1. The number of benzene rings is 2. The highest BCUT2D eigenvalue weighted by atomic mass is 32.2. The number of Topliss-reactive ketones (excluding diaryl/α,β-unsaturated/α-hetero) is 1. The molecule has 0 aliphatic heterocycles. The lowest BCUT2D eigenvalue weighted by Gasteiger charge is -2.12. The molecule has 10 heteroatoms. The third-order valence-electron chi connectivity index (χ3n) is 5.13. The highest BCUT2D eigenvalue weighted by Crippen LogP contribution is 2.25. The molecule has 1 aromatic heterocycles. The van der Waals surface area contributed by atoms with Crippen LogP contribution in [-0.4, -0.2) is 43.7 Å². The molecular formula is C23H25N5O4S. The number of aryl methyl sites for hydroxylation is 3. The van der Waals surface area contributed by atoms with Crippen molar-refractivity contribution in [2.24, 2.45) is 0 Å². The lowest BCUT2D eigenvalue weighted by molar-refractivity contribution is -0.384. The molecule has 0 aliphatic rings. The number of rotatable bonds is 10. The Balaban J connectivity index is 1.79. The molecule has 0 saturated heterocycles. The number of non-ortho nitro benzene ring substituents is 1. The van der Waals surface area contributed by atoms with Gasteiger partial charge in [-0.3, -0.25) is 24.3 Å². The minimum Gasteiger partial charge on any atom is -0.356 e. The Morgan fingerprint density at radius 1 is 1.09 bits per heavy atom. The molecule has 2 aromatic carbocycles. The van der Waals surface area contributed by atoms with E-state index in [-0.39, 0.29) is 23.1 Å². The number of ketones is 1. The number of nitro groups is 1. The monoisotopic (exact) mass is 467 g/mol. The van der Waals surface area contributed by atoms with E-state index in [1.165, 1.54) is 48.5 Å². The van der Waals surface area contributed by atoms with Crippen LogP contribution in [-0.2, 0) is 11.2 Å². The molecule has 3 rings (SSSR count). The van der Waals surface area contributed by atoms with E-state index in [0.29, 0.717) is 30.1 Å². The molecule has 0 saturated carbocycles. The largest absolute Gasteiger partial charge is 0.356 e. The molecular weight excluding hydrogens is 442 g/mol. The van der Waals surface area contributed by atoms with Crippen LogP contribution in [0.25, 0.3) is 5.69 Å². The Kier molecular flexibility index (Phi) is 7.94. The number of amides is 1. The third-order valence-corrected chi connectivity index (χ3v) is 6.06. The van der Waals surface area contributed by atoms with Gasteiger partial charge in [0.1, 0.15) is 5.82 Å².